The molecule has 1 aromatic carbocycles. The Kier molecular flexibility index (Phi) is 5.82. The first-order chi connectivity index (χ1) is 9.17. The minimum atomic E-state index is -4.00. The topological polar surface area (TPSA) is 83.5 Å². The maximum Gasteiger partial charge on any atom is 0.322 e. The summed E-state index contributed by atoms with van der Waals surface area (Å²) in [5.41, 5.74) is 0. The zero-order chi connectivity index (χ0) is 15.5. The fraction of sp³-hybridized carbons (Fsp3) is 0.417. The first kappa shape index (κ1) is 17.2. The standard InChI is InChI=1S/C12H15Cl2NO4S/c1-3-7(2)11(12(16)17)15-20(18,19)10-5-8(13)4-9(14)6-10/h4-7,11,15H,3H2,1-2H3,(H,16,17). The first-order valence-corrected chi connectivity index (χ1v) is 8.12. The van der Waals surface area contributed by atoms with E-state index in [1.165, 1.54) is 18.2 Å². The monoisotopic (exact) mass is 339 g/mol. The highest BCUT2D eigenvalue weighted by molar-refractivity contribution is 7.89. The van der Waals surface area contributed by atoms with Crippen LogP contribution in [-0.2, 0) is 14.8 Å². The van der Waals surface area contributed by atoms with E-state index in [4.69, 9.17) is 28.3 Å². The maximum absolute atomic E-state index is 12.2. The van der Waals surface area contributed by atoms with Crippen molar-refractivity contribution in [1.29, 1.82) is 0 Å². The molecule has 0 amide bonds. The molecule has 0 radical (unpaired) electrons. The van der Waals surface area contributed by atoms with E-state index in [2.05, 4.69) is 4.72 Å². The lowest BCUT2D eigenvalue weighted by Crippen LogP contribution is -2.44. The van der Waals surface area contributed by atoms with E-state index in [1.54, 1.807) is 13.8 Å². The van der Waals surface area contributed by atoms with Crippen molar-refractivity contribution in [3.63, 3.8) is 0 Å². The molecule has 0 aliphatic heterocycles. The molecule has 20 heavy (non-hydrogen) atoms. The molecular formula is C12H15Cl2NO4S. The van der Waals surface area contributed by atoms with Crippen LogP contribution in [0.3, 0.4) is 0 Å². The number of nitrogens with one attached hydrogen (secondary N) is 1. The normalized spacial score (nSPS) is 14.8. The summed E-state index contributed by atoms with van der Waals surface area (Å²) in [6.07, 6.45) is 0.524. The second kappa shape index (κ2) is 6.76. The summed E-state index contributed by atoms with van der Waals surface area (Å²) in [5, 5.41) is 9.44. The van der Waals surface area contributed by atoms with Gasteiger partial charge in [-0.05, 0) is 24.1 Å². The molecule has 0 aliphatic carbocycles. The highest BCUT2D eigenvalue weighted by Gasteiger charge is 2.29. The number of sulfonamides is 1. The summed E-state index contributed by atoms with van der Waals surface area (Å²) >= 11 is 11.5. The van der Waals surface area contributed by atoms with Crippen molar-refractivity contribution >= 4 is 39.2 Å². The second-order valence-corrected chi connectivity index (χ2v) is 7.01. The number of carboxylic acids is 1. The smallest absolute Gasteiger partial charge is 0.322 e. The van der Waals surface area contributed by atoms with Crippen molar-refractivity contribution in [3.8, 4) is 0 Å². The Labute approximate surface area is 127 Å². The van der Waals surface area contributed by atoms with Crippen molar-refractivity contribution in [3.05, 3.63) is 28.2 Å². The van der Waals surface area contributed by atoms with Crippen LogP contribution in [0.15, 0.2) is 23.1 Å². The summed E-state index contributed by atoms with van der Waals surface area (Å²) in [7, 11) is -4.00. The van der Waals surface area contributed by atoms with Crippen LogP contribution in [0.2, 0.25) is 10.0 Å². The third-order valence-corrected chi connectivity index (χ3v) is 4.76. The Balaban J connectivity index is 3.13. The molecule has 0 heterocycles. The molecule has 0 saturated carbocycles. The van der Waals surface area contributed by atoms with Gasteiger partial charge in [0.1, 0.15) is 6.04 Å². The lowest BCUT2D eigenvalue weighted by molar-refractivity contribution is -0.140. The van der Waals surface area contributed by atoms with Crippen molar-refractivity contribution in [1.82, 2.24) is 4.72 Å². The average Bonchev–Trinajstić information content (AvgIpc) is 2.33. The molecule has 2 unspecified atom stereocenters. The fourth-order valence-electron chi connectivity index (χ4n) is 1.56. The number of rotatable bonds is 6. The lowest BCUT2D eigenvalue weighted by atomic mass is 10.0. The zero-order valence-corrected chi connectivity index (χ0v) is 13.3. The van der Waals surface area contributed by atoms with Crippen molar-refractivity contribution in [2.24, 2.45) is 5.92 Å². The van der Waals surface area contributed by atoms with Crippen LogP contribution in [0.4, 0.5) is 0 Å². The molecular weight excluding hydrogens is 325 g/mol. The Morgan fingerprint density at radius 2 is 1.80 bits per heavy atom. The molecule has 0 spiro atoms. The van der Waals surface area contributed by atoms with E-state index in [-0.39, 0.29) is 20.9 Å². The number of carboxylic acid groups (broad SMARTS) is 1. The number of aliphatic carboxylic acids is 1. The van der Waals surface area contributed by atoms with Gasteiger partial charge in [0.25, 0.3) is 0 Å². The third kappa shape index (κ3) is 4.34. The summed E-state index contributed by atoms with van der Waals surface area (Å²) in [5.74, 6) is -1.58. The zero-order valence-electron chi connectivity index (χ0n) is 10.9. The van der Waals surface area contributed by atoms with Gasteiger partial charge < -0.3 is 5.11 Å². The van der Waals surface area contributed by atoms with Crippen LogP contribution >= 0.6 is 23.2 Å². The first-order valence-electron chi connectivity index (χ1n) is 5.88. The number of hydrogen-bond donors (Lipinski definition) is 2. The van der Waals surface area contributed by atoms with Crippen LogP contribution in [0, 0.1) is 5.92 Å². The van der Waals surface area contributed by atoms with Gasteiger partial charge in [0, 0.05) is 10.0 Å². The molecule has 2 N–H and O–H groups in total. The van der Waals surface area contributed by atoms with Gasteiger partial charge in [-0.15, -0.1) is 0 Å². The molecule has 0 bridgehead atoms. The Morgan fingerprint density at radius 1 is 1.30 bits per heavy atom. The van der Waals surface area contributed by atoms with Crippen LogP contribution in [-0.4, -0.2) is 25.5 Å². The van der Waals surface area contributed by atoms with Crippen LogP contribution in [0.25, 0.3) is 0 Å². The quantitative estimate of drug-likeness (QED) is 0.834. The van der Waals surface area contributed by atoms with E-state index in [9.17, 15) is 13.2 Å². The van der Waals surface area contributed by atoms with Gasteiger partial charge >= 0.3 is 5.97 Å². The highest BCUT2D eigenvalue weighted by atomic mass is 35.5. The molecule has 0 fully saturated rings. The molecule has 0 aromatic heterocycles. The molecule has 8 heteroatoms. The van der Waals surface area contributed by atoms with E-state index < -0.39 is 22.0 Å². The fourth-order valence-corrected chi connectivity index (χ4v) is 3.59. The van der Waals surface area contributed by atoms with E-state index in [0.717, 1.165) is 0 Å². The minimum Gasteiger partial charge on any atom is -0.480 e. The summed E-state index contributed by atoms with van der Waals surface area (Å²) in [6.45, 7) is 3.44. The number of benzene rings is 1. The van der Waals surface area contributed by atoms with E-state index in [1.807, 2.05) is 0 Å². The molecule has 1 aromatic rings. The predicted molar refractivity (Wildman–Crippen MR) is 77.7 cm³/mol. The highest BCUT2D eigenvalue weighted by Crippen LogP contribution is 2.23. The number of hydrogen-bond acceptors (Lipinski definition) is 3. The summed E-state index contributed by atoms with van der Waals surface area (Å²) in [6, 6.07) is 2.62. The van der Waals surface area contributed by atoms with Gasteiger partial charge in [-0.1, -0.05) is 43.5 Å². The SMILES string of the molecule is CCC(C)C(NS(=O)(=O)c1cc(Cl)cc(Cl)c1)C(=O)O. The van der Waals surface area contributed by atoms with Crippen molar-refractivity contribution < 1.29 is 18.3 Å². The summed E-state index contributed by atoms with van der Waals surface area (Å²) < 4.78 is 26.5. The van der Waals surface area contributed by atoms with Gasteiger partial charge in [0.05, 0.1) is 4.90 Å². The Hall–Kier alpha value is -0.820. The Morgan fingerprint density at radius 3 is 2.20 bits per heavy atom. The number of carbonyl (C=O) groups is 1. The van der Waals surface area contributed by atoms with E-state index in [0.29, 0.717) is 6.42 Å². The molecule has 5 nitrogen and oxygen atoms in total. The lowest BCUT2D eigenvalue weighted by Gasteiger charge is -2.20. The average molecular weight is 340 g/mol. The molecule has 0 aliphatic rings. The molecule has 112 valence electrons. The Bertz CT molecular complexity index is 583. The second-order valence-electron chi connectivity index (χ2n) is 4.43. The van der Waals surface area contributed by atoms with Gasteiger partial charge in [-0.2, -0.15) is 4.72 Å². The van der Waals surface area contributed by atoms with Crippen LogP contribution < -0.4 is 4.72 Å². The van der Waals surface area contributed by atoms with Crippen molar-refractivity contribution in [2.45, 2.75) is 31.2 Å². The van der Waals surface area contributed by atoms with Gasteiger partial charge in [-0.25, -0.2) is 8.42 Å². The molecule has 2 atom stereocenters. The van der Waals surface area contributed by atoms with Crippen molar-refractivity contribution in [2.75, 3.05) is 0 Å². The molecule has 0 saturated heterocycles. The van der Waals surface area contributed by atoms with E-state index >= 15 is 0 Å². The van der Waals surface area contributed by atoms with Gasteiger partial charge in [0.2, 0.25) is 10.0 Å². The number of halogens is 2. The third-order valence-electron chi connectivity index (χ3n) is 2.91. The maximum atomic E-state index is 12.2. The van der Waals surface area contributed by atoms with Crippen LogP contribution in [0.5, 0.6) is 0 Å². The predicted octanol–water partition coefficient (Wildman–Crippen LogP) is 2.77. The van der Waals surface area contributed by atoms with Crippen LogP contribution in [0.1, 0.15) is 20.3 Å². The molecule has 1 rings (SSSR count). The largest absolute Gasteiger partial charge is 0.480 e. The van der Waals surface area contributed by atoms with Gasteiger partial charge in [0.15, 0.2) is 0 Å². The summed E-state index contributed by atoms with van der Waals surface area (Å²) in [4.78, 5) is 11.0. The van der Waals surface area contributed by atoms with Gasteiger partial charge in [-0.3, -0.25) is 4.79 Å². The minimum absolute atomic E-state index is 0.160.